The van der Waals surface area contributed by atoms with Gasteiger partial charge in [0.15, 0.2) is 0 Å². The number of aliphatic hydroxyl groups is 1. The van der Waals surface area contributed by atoms with Gasteiger partial charge in [0, 0.05) is 12.6 Å². The van der Waals surface area contributed by atoms with E-state index in [1.54, 1.807) is 4.98 Å². The molecule has 2 N–H and O–H groups in total. The molecule has 1 saturated heterocycles. The fourth-order valence-electron chi connectivity index (χ4n) is 3.15. The molecule has 10 heteroatoms. The van der Waals surface area contributed by atoms with Crippen molar-refractivity contribution in [3.8, 4) is 0 Å². The highest BCUT2D eigenvalue weighted by atomic mass is 19.4. The molecular weight excluding hydrogens is 393 g/mol. The monoisotopic (exact) mass is 414 g/mol. The molecule has 158 valence electrons. The topological polar surface area (TPSA) is 93.5 Å². The van der Waals surface area contributed by atoms with Crippen LogP contribution in [-0.4, -0.2) is 33.5 Å². The number of hydrogen-bond donors (Lipinski definition) is 2. The van der Waals surface area contributed by atoms with Gasteiger partial charge in [0.25, 0.3) is 5.56 Å². The smallest absolute Gasteiger partial charge is 0.390 e. The second-order valence-electron chi connectivity index (χ2n) is 7.33. The number of aromatic nitrogens is 2. The van der Waals surface area contributed by atoms with Crippen molar-refractivity contribution in [3.05, 3.63) is 68.5 Å². The lowest BCUT2D eigenvalue weighted by molar-refractivity contribution is -0.140. The van der Waals surface area contributed by atoms with Gasteiger partial charge < -0.3 is 14.6 Å². The van der Waals surface area contributed by atoms with E-state index in [1.165, 1.54) is 0 Å². The Hall–Kier alpha value is -2.43. The van der Waals surface area contributed by atoms with Crippen LogP contribution in [0.15, 0.2) is 46.1 Å². The molecule has 1 aliphatic rings. The number of nitrogens with zero attached hydrogens (tertiary/aromatic N) is 1. The SMILES string of the molecule is CC(C)(OC[C@@H]1O[C@H](n2cc(C(F)(F)F)c(=O)[nH]c2=O)CC1O)c1ccccc1. The number of H-pyrrole nitrogens is 1. The minimum atomic E-state index is -4.93. The molecule has 2 aromatic rings. The van der Waals surface area contributed by atoms with Crippen molar-refractivity contribution in [2.24, 2.45) is 0 Å². The molecule has 1 fully saturated rings. The predicted molar refractivity (Wildman–Crippen MR) is 96.3 cm³/mol. The highest BCUT2D eigenvalue weighted by Crippen LogP contribution is 2.32. The van der Waals surface area contributed by atoms with Crippen molar-refractivity contribution in [2.75, 3.05) is 6.61 Å². The minimum absolute atomic E-state index is 0.0379. The standard InChI is InChI=1S/C19H21F3N2O5/c1-18(2,11-6-4-3-5-7-11)28-10-14-13(25)8-15(29-14)24-9-12(19(20,21)22)16(26)23-17(24)27/h3-7,9,13-15,25H,8,10H2,1-2H3,(H,23,26,27)/t13?,14-,15-/m0/s1. The van der Waals surface area contributed by atoms with E-state index < -0.39 is 47.0 Å². The van der Waals surface area contributed by atoms with Crippen LogP contribution in [0.5, 0.6) is 0 Å². The van der Waals surface area contributed by atoms with Crippen LogP contribution in [0.1, 0.15) is 37.6 Å². The Bertz CT molecular complexity index is 968. The maximum atomic E-state index is 13.0. The fourth-order valence-corrected chi connectivity index (χ4v) is 3.15. The van der Waals surface area contributed by atoms with E-state index in [-0.39, 0.29) is 13.0 Å². The first-order chi connectivity index (χ1) is 13.5. The molecular formula is C19H21F3N2O5. The molecule has 2 heterocycles. The summed E-state index contributed by atoms with van der Waals surface area (Å²) in [6, 6.07) is 9.35. The van der Waals surface area contributed by atoms with Crippen LogP contribution in [-0.2, 0) is 21.3 Å². The zero-order valence-corrected chi connectivity index (χ0v) is 15.8. The number of aliphatic hydroxyl groups excluding tert-OH is 1. The first-order valence-electron chi connectivity index (χ1n) is 8.95. The van der Waals surface area contributed by atoms with E-state index in [0.717, 1.165) is 5.56 Å². The Kier molecular flexibility index (Phi) is 5.70. The number of alkyl halides is 3. The van der Waals surface area contributed by atoms with Gasteiger partial charge in [-0.05, 0) is 19.4 Å². The lowest BCUT2D eigenvalue weighted by Crippen LogP contribution is -2.36. The highest BCUT2D eigenvalue weighted by Gasteiger charge is 2.39. The normalized spacial score (nSPS) is 22.8. The van der Waals surface area contributed by atoms with Gasteiger partial charge in [0.2, 0.25) is 0 Å². The van der Waals surface area contributed by atoms with E-state index >= 15 is 0 Å². The van der Waals surface area contributed by atoms with Gasteiger partial charge in [0.1, 0.15) is 17.9 Å². The van der Waals surface area contributed by atoms with Crippen molar-refractivity contribution in [1.82, 2.24) is 9.55 Å². The minimum Gasteiger partial charge on any atom is -0.390 e. The van der Waals surface area contributed by atoms with E-state index in [4.69, 9.17) is 9.47 Å². The first kappa shape index (κ1) is 21.3. The summed E-state index contributed by atoms with van der Waals surface area (Å²) < 4.78 is 51.0. The molecule has 1 aromatic carbocycles. The molecule has 1 aliphatic heterocycles. The van der Waals surface area contributed by atoms with Gasteiger partial charge in [0.05, 0.1) is 18.3 Å². The molecule has 0 aliphatic carbocycles. The van der Waals surface area contributed by atoms with Crippen molar-refractivity contribution in [3.63, 3.8) is 0 Å². The Morgan fingerprint density at radius 1 is 1.24 bits per heavy atom. The largest absolute Gasteiger partial charge is 0.423 e. The van der Waals surface area contributed by atoms with Crippen LogP contribution in [0.3, 0.4) is 0 Å². The third-order valence-electron chi connectivity index (χ3n) is 4.87. The second-order valence-corrected chi connectivity index (χ2v) is 7.33. The summed E-state index contributed by atoms with van der Waals surface area (Å²) in [6.45, 7) is 3.64. The second kappa shape index (κ2) is 7.77. The summed E-state index contributed by atoms with van der Waals surface area (Å²) >= 11 is 0. The molecule has 0 saturated carbocycles. The third kappa shape index (κ3) is 4.60. The van der Waals surface area contributed by atoms with Crippen LogP contribution < -0.4 is 11.2 Å². The zero-order chi connectivity index (χ0) is 21.4. The lowest BCUT2D eigenvalue weighted by atomic mass is 9.98. The van der Waals surface area contributed by atoms with Crippen LogP contribution >= 0.6 is 0 Å². The van der Waals surface area contributed by atoms with Gasteiger partial charge in [-0.2, -0.15) is 13.2 Å². The summed E-state index contributed by atoms with van der Waals surface area (Å²) in [4.78, 5) is 25.0. The van der Waals surface area contributed by atoms with E-state index in [9.17, 15) is 27.9 Å². The highest BCUT2D eigenvalue weighted by molar-refractivity contribution is 5.20. The number of nitrogens with one attached hydrogen (secondary N) is 1. The van der Waals surface area contributed by atoms with E-state index in [2.05, 4.69) is 0 Å². The summed E-state index contributed by atoms with van der Waals surface area (Å²) in [5, 5.41) is 10.2. The Morgan fingerprint density at radius 2 is 1.90 bits per heavy atom. The molecule has 1 aromatic heterocycles. The van der Waals surface area contributed by atoms with Gasteiger partial charge in [-0.3, -0.25) is 14.3 Å². The Balaban J connectivity index is 1.75. The van der Waals surface area contributed by atoms with Crippen LogP contribution in [0, 0.1) is 0 Å². The van der Waals surface area contributed by atoms with Crippen LogP contribution in [0.2, 0.25) is 0 Å². The number of rotatable bonds is 5. The maximum absolute atomic E-state index is 13.0. The molecule has 3 rings (SSSR count). The number of halogens is 3. The third-order valence-corrected chi connectivity index (χ3v) is 4.87. The quantitative estimate of drug-likeness (QED) is 0.782. The summed E-state index contributed by atoms with van der Waals surface area (Å²) in [6.07, 6.45) is -7.71. The fraction of sp³-hybridized carbons (Fsp3) is 0.474. The molecule has 29 heavy (non-hydrogen) atoms. The van der Waals surface area contributed by atoms with Crippen molar-refractivity contribution in [1.29, 1.82) is 0 Å². The van der Waals surface area contributed by atoms with Gasteiger partial charge in [-0.15, -0.1) is 0 Å². The molecule has 0 radical (unpaired) electrons. The molecule has 0 bridgehead atoms. The van der Waals surface area contributed by atoms with Crippen molar-refractivity contribution in [2.45, 2.75) is 50.5 Å². The van der Waals surface area contributed by atoms with E-state index in [0.29, 0.717) is 10.8 Å². The molecule has 0 spiro atoms. The molecule has 7 nitrogen and oxygen atoms in total. The van der Waals surface area contributed by atoms with Gasteiger partial charge >= 0.3 is 11.9 Å². The number of ether oxygens (including phenoxy) is 2. The lowest BCUT2D eigenvalue weighted by Gasteiger charge is -2.28. The van der Waals surface area contributed by atoms with Crippen molar-refractivity contribution >= 4 is 0 Å². The van der Waals surface area contributed by atoms with E-state index in [1.807, 2.05) is 44.2 Å². The summed E-state index contributed by atoms with van der Waals surface area (Å²) in [7, 11) is 0. The van der Waals surface area contributed by atoms with Crippen LogP contribution in [0.4, 0.5) is 13.2 Å². The Labute approximate surface area is 163 Å². The molecule has 3 atom stereocenters. The number of aromatic amines is 1. The Morgan fingerprint density at radius 3 is 2.52 bits per heavy atom. The van der Waals surface area contributed by atoms with Crippen molar-refractivity contribution < 1.29 is 27.8 Å². The molecule has 1 unspecified atom stereocenters. The average molecular weight is 414 g/mol. The van der Waals surface area contributed by atoms with Crippen LogP contribution in [0.25, 0.3) is 0 Å². The zero-order valence-electron chi connectivity index (χ0n) is 15.8. The number of benzene rings is 1. The molecule has 0 amide bonds. The first-order valence-corrected chi connectivity index (χ1v) is 8.95. The average Bonchev–Trinajstić information content (AvgIpc) is 3.00. The predicted octanol–water partition coefficient (Wildman–Crippen LogP) is 2.16. The maximum Gasteiger partial charge on any atom is 0.423 e. The summed E-state index contributed by atoms with van der Waals surface area (Å²) in [5.41, 5.74) is -3.88. The van der Waals surface area contributed by atoms with Gasteiger partial charge in [-0.1, -0.05) is 30.3 Å². The van der Waals surface area contributed by atoms with Gasteiger partial charge in [-0.25, -0.2) is 4.79 Å². The number of hydrogen-bond acceptors (Lipinski definition) is 5. The summed E-state index contributed by atoms with van der Waals surface area (Å²) in [5.74, 6) is 0.